The predicted octanol–water partition coefficient (Wildman–Crippen LogP) is 1.99. The molecular weight excluding hydrogens is 255 g/mol. The van der Waals surface area contributed by atoms with Crippen molar-refractivity contribution in [3.05, 3.63) is 35.1 Å². The van der Waals surface area contributed by atoms with Crippen molar-refractivity contribution >= 4 is 18.3 Å². The SMILES string of the molecule is Cc1ccc(C(=O)N2CCCNCC2)c(F)c1.Cl. The molecule has 0 bridgehead atoms. The van der Waals surface area contributed by atoms with E-state index in [-0.39, 0.29) is 23.9 Å². The Morgan fingerprint density at radius 2 is 2.11 bits per heavy atom. The second kappa shape index (κ2) is 6.71. The molecule has 1 heterocycles. The van der Waals surface area contributed by atoms with Crippen molar-refractivity contribution in [1.82, 2.24) is 10.2 Å². The number of hydrogen-bond donors (Lipinski definition) is 1. The number of nitrogens with one attached hydrogen (secondary N) is 1. The summed E-state index contributed by atoms with van der Waals surface area (Å²) in [4.78, 5) is 13.9. The molecule has 100 valence electrons. The number of aryl methyl sites for hydroxylation is 1. The van der Waals surface area contributed by atoms with E-state index in [2.05, 4.69) is 5.32 Å². The van der Waals surface area contributed by atoms with Gasteiger partial charge in [0, 0.05) is 19.6 Å². The quantitative estimate of drug-likeness (QED) is 0.848. The molecule has 2 rings (SSSR count). The van der Waals surface area contributed by atoms with Gasteiger partial charge in [0.1, 0.15) is 5.82 Å². The van der Waals surface area contributed by atoms with E-state index in [1.807, 2.05) is 6.92 Å². The van der Waals surface area contributed by atoms with Crippen molar-refractivity contribution in [2.75, 3.05) is 26.2 Å². The highest BCUT2D eigenvalue weighted by atomic mass is 35.5. The number of rotatable bonds is 1. The van der Waals surface area contributed by atoms with Crippen LogP contribution < -0.4 is 5.32 Å². The molecular formula is C13H18ClFN2O. The molecule has 1 aromatic rings. The van der Waals surface area contributed by atoms with Gasteiger partial charge in [0.2, 0.25) is 0 Å². The van der Waals surface area contributed by atoms with Crippen LogP contribution in [0.2, 0.25) is 0 Å². The Balaban J connectivity index is 0.00000162. The molecule has 1 saturated heterocycles. The lowest BCUT2D eigenvalue weighted by Crippen LogP contribution is -2.34. The highest BCUT2D eigenvalue weighted by Crippen LogP contribution is 2.13. The van der Waals surface area contributed by atoms with Crippen molar-refractivity contribution in [1.29, 1.82) is 0 Å². The van der Waals surface area contributed by atoms with Gasteiger partial charge in [-0.25, -0.2) is 4.39 Å². The summed E-state index contributed by atoms with van der Waals surface area (Å²) in [6.45, 7) is 4.85. The number of halogens is 2. The molecule has 0 spiro atoms. The van der Waals surface area contributed by atoms with Crippen LogP contribution in [0.4, 0.5) is 4.39 Å². The number of benzene rings is 1. The summed E-state index contributed by atoms with van der Waals surface area (Å²) < 4.78 is 13.7. The largest absolute Gasteiger partial charge is 0.337 e. The van der Waals surface area contributed by atoms with Crippen LogP contribution in [0.5, 0.6) is 0 Å². The van der Waals surface area contributed by atoms with E-state index in [0.29, 0.717) is 13.1 Å². The zero-order valence-electron chi connectivity index (χ0n) is 10.4. The minimum atomic E-state index is -0.424. The summed E-state index contributed by atoms with van der Waals surface area (Å²) in [5.41, 5.74) is 1.01. The molecule has 1 N–H and O–H groups in total. The zero-order chi connectivity index (χ0) is 12.3. The lowest BCUT2D eigenvalue weighted by molar-refractivity contribution is 0.0761. The van der Waals surface area contributed by atoms with E-state index < -0.39 is 5.82 Å². The topological polar surface area (TPSA) is 32.3 Å². The van der Waals surface area contributed by atoms with Crippen molar-refractivity contribution in [3.63, 3.8) is 0 Å². The number of carbonyl (C=O) groups is 1. The maximum absolute atomic E-state index is 13.7. The molecule has 5 heteroatoms. The molecule has 0 aromatic heterocycles. The number of amides is 1. The lowest BCUT2D eigenvalue weighted by atomic mass is 10.1. The van der Waals surface area contributed by atoms with E-state index in [1.54, 1.807) is 17.0 Å². The molecule has 1 aromatic carbocycles. The first kappa shape index (κ1) is 14.9. The van der Waals surface area contributed by atoms with Gasteiger partial charge < -0.3 is 10.2 Å². The van der Waals surface area contributed by atoms with Gasteiger partial charge in [-0.15, -0.1) is 12.4 Å². The molecule has 1 aliphatic heterocycles. The highest BCUT2D eigenvalue weighted by molar-refractivity contribution is 5.94. The van der Waals surface area contributed by atoms with Gasteiger partial charge in [0.15, 0.2) is 0 Å². The predicted molar refractivity (Wildman–Crippen MR) is 71.8 cm³/mol. The van der Waals surface area contributed by atoms with Crippen LogP contribution >= 0.6 is 12.4 Å². The van der Waals surface area contributed by atoms with Crippen LogP contribution in [-0.2, 0) is 0 Å². The van der Waals surface area contributed by atoms with Crippen LogP contribution in [0.15, 0.2) is 18.2 Å². The molecule has 0 radical (unpaired) electrons. The zero-order valence-corrected chi connectivity index (χ0v) is 11.2. The van der Waals surface area contributed by atoms with E-state index >= 15 is 0 Å². The van der Waals surface area contributed by atoms with Crippen LogP contribution in [0, 0.1) is 12.7 Å². The summed E-state index contributed by atoms with van der Waals surface area (Å²) in [6, 6.07) is 4.75. The van der Waals surface area contributed by atoms with Crippen LogP contribution in [-0.4, -0.2) is 37.0 Å². The third-order valence-corrected chi connectivity index (χ3v) is 2.98. The van der Waals surface area contributed by atoms with Gasteiger partial charge in [0.25, 0.3) is 5.91 Å². The Kier molecular flexibility index (Phi) is 5.56. The fraction of sp³-hybridized carbons (Fsp3) is 0.462. The molecule has 0 aliphatic carbocycles. The summed E-state index contributed by atoms with van der Waals surface area (Å²) in [7, 11) is 0. The van der Waals surface area contributed by atoms with Crippen molar-refractivity contribution in [2.24, 2.45) is 0 Å². The Morgan fingerprint density at radius 1 is 1.33 bits per heavy atom. The second-order valence-corrected chi connectivity index (χ2v) is 4.38. The fourth-order valence-electron chi connectivity index (χ4n) is 2.01. The normalized spacial score (nSPS) is 15.8. The molecule has 0 atom stereocenters. The molecule has 18 heavy (non-hydrogen) atoms. The third kappa shape index (κ3) is 3.43. The second-order valence-electron chi connectivity index (χ2n) is 4.38. The summed E-state index contributed by atoms with van der Waals surface area (Å²) in [6.07, 6.45) is 0.916. The monoisotopic (exact) mass is 272 g/mol. The van der Waals surface area contributed by atoms with E-state index in [4.69, 9.17) is 0 Å². The smallest absolute Gasteiger partial charge is 0.256 e. The maximum Gasteiger partial charge on any atom is 0.256 e. The first-order valence-electron chi connectivity index (χ1n) is 5.94. The van der Waals surface area contributed by atoms with Gasteiger partial charge in [0.05, 0.1) is 5.56 Å². The number of hydrogen-bond acceptors (Lipinski definition) is 2. The van der Waals surface area contributed by atoms with E-state index in [0.717, 1.165) is 25.1 Å². The van der Waals surface area contributed by atoms with Crippen LogP contribution in [0.3, 0.4) is 0 Å². The molecule has 3 nitrogen and oxygen atoms in total. The Bertz CT molecular complexity index is 417. The number of carbonyl (C=O) groups excluding carboxylic acids is 1. The Morgan fingerprint density at radius 3 is 2.83 bits per heavy atom. The van der Waals surface area contributed by atoms with Crippen LogP contribution in [0.1, 0.15) is 22.3 Å². The van der Waals surface area contributed by atoms with Gasteiger partial charge in [-0.2, -0.15) is 0 Å². The Hall–Kier alpha value is -1.13. The minimum absolute atomic E-state index is 0. The average molecular weight is 273 g/mol. The first-order chi connectivity index (χ1) is 8.18. The maximum atomic E-state index is 13.7. The number of nitrogens with zero attached hydrogens (tertiary/aromatic N) is 1. The standard InChI is InChI=1S/C13H17FN2O.ClH/c1-10-3-4-11(12(14)9-10)13(17)16-7-2-5-15-6-8-16;/h3-4,9,15H,2,5-8H2,1H3;1H. The van der Waals surface area contributed by atoms with E-state index in [1.165, 1.54) is 6.07 Å². The third-order valence-electron chi connectivity index (χ3n) is 2.98. The Labute approximate surface area is 113 Å². The van der Waals surface area contributed by atoms with Gasteiger partial charge in [-0.05, 0) is 37.6 Å². The molecule has 0 saturated carbocycles. The molecule has 1 amide bonds. The van der Waals surface area contributed by atoms with Gasteiger partial charge in [-0.3, -0.25) is 4.79 Å². The summed E-state index contributed by atoms with van der Waals surface area (Å²) in [5.74, 6) is -0.626. The lowest BCUT2D eigenvalue weighted by Gasteiger charge is -2.20. The summed E-state index contributed by atoms with van der Waals surface area (Å²) >= 11 is 0. The average Bonchev–Trinajstić information content (AvgIpc) is 2.56. The van der Waals surface area contributed by atoms with Crippen molar-refractivity contribution < 1.29 is 9.18 Å². The van der Waals surface area contributed by atoms with Gasteiger partial charge in [-0.1, -0.05) is 6.07 Å². The molecule has 1 fully saturated rings. The first-order valence-corrected chi connectivity index (χ1v) is 5.94. The fourth-order valence-corrected chi connectivity index (χ4v) is 2.01. The van der Waals surface area contributed by atoms with E-state index in [9.17, 15) is 9.18 Å². The van der Waals surface area contributed by atoms with Gasteiger partial charge >= 0.3 is 0 Å². The van der Waals surface area contributed by atoms with Crippen molar-refractivity contribution in [3.8, 4) is 0 Å². The summed E-state index contributed by atoms with van der Waals surface area (Å²) in [5, 5.41) is 3.22. The van der Waals surface area contributed by atoms with Crippen molar-refractivity contribution in [2.45, 2.75) is 13.3 Å². The molecule has 1 aliphatic rings. The van der Waals surface area contributed by atoms with Crippen LogP contribution in [0.25, 0.3) is 0 Å². The molecule has 0 unspecified atom stereocenters. The minimum Gasteiger partial charge on any atom is -0.337 e. The highest BCUT2D eigenvalue weighted by Gasteiger charge is 2.19.